The molecule has 0 amide bonds. The Morgan fingerprint density at radius 2 is 1.82 bits per heavy atom. The lowest BCUT2D eigenvalue weighted by atomic mass is 10.0. The van der Waals surface area contributed by atoms with Crippen molar-refractivity contribution in [2.45, 2.75) is 13.8 Å². The van der Waals surface area contributed by atoms with Gasteiger partial charge in [0.25, 0.3) is 0 Å². The molecule has 2 aromatic heterocycles. The van der Waals surface area contributed by atoms with E-state index in [-0.39, 0.29) is 0 Å². The molecule has 3 aromatic rings. The van der Waals surface area contributed by atoms with Gasteiger partial charge in [-0.05, 0) is 17.7 Å². The van der Waals surface area contributed by atoms with E-state index in [4.69, 9.17) is 0 Å². The van der Waals surface area contributed by atoms with Crippen LogP contribution in [0.15, 0.2) is 42.7 Å². The smallest absolute Gasteiger partial charge is 0.155 e. The minimum absolute atomic E-state index is 0.662. The van der Waals surface area contributed by atoms with Crippen molar-refractivity contribution in [3.05, 3.63) is 48.3 Å². The molecule has 0 unspecified atom stereocenters. The summed E-state index contributed by atoms with van der Waals surface area (Å²) in [5.74, 6) is 0. The average Bonchev–Trinajstić information content (AvgIpc) is 3.05. The number of carbonyl (C=O) groups is 1. The molecule has 1 N–H and O–H groups in total. The van der Waals surface area contributed by atoms with Gasteiger partial charge in [-0.25, -0.2) is 4.98 Å². The standard InChI is InChI=1S/C13H9N3O.C2H6O.C2H6/c17-8-9-2-1-3-10(4-9)11-5-12-7-15-16-13(12)14-6-11;1-3-2;1-2/h1-8H,(H,14,15,16);1-2H3;1-2H3. The number of rotatable bonds is 2. The van der Waals surface area contributed by atoms with Gasteiger partial charge in [-0.3, -0.25) is 9.89 Å². The van der Waals surface area contributed by atoms with E-state index in [1.807, 2.05) is 38.1 Å². The van der Waals surface area contributed by atoms with Crippen LogP contribution in [0.5, 0.6) is 0 Å². The number of fused-ring (bicyclic) bond motifs is 1. The SMILES string of the molecule is CC.COC.O=Cc1cccc(-c2cnc3[nH]ncc3c2)c1. The number of pyridine rings is 1. The van der Waals surface area contributed by atoms with Crippen molar-refractivity contribution in [3.63, 3.8) is 0 Å². The molecule has 0 aliphatic carbocycles. The van der Waals surface area contributed by atoms with Crippen LogP contribution < -0.4 is 0 Å². The minimum atomic E-state index is 0.662. The fourth-order valence-electron chi connectivity index (χ4n) is 1.79. The van der Waals surface area contributed by atoms with Crippen LogP contribution >= 0.6 is 0 Å². The Kier molecular flexibility index (Phi) is 7.50. The summed E-state index contributed by atoms with van der Waals surface area (Å²) in [6.45, 7) is 4.00. The lowest BCUT2D eigenvalue weighted by Crippen LogP contribution is -1.84. The Morgan fingerprint density at radius 1 is 1.09 bits per heavy atom. The molecule has 0 saturated heterocycles. The number of nitrogens with one attached hydrogen (secondary N) is 1. The number of aldehydes is 1. The van der Waals surface area contributed by atoms with E-state index in [2.05, 4.69) is 19.9 Å². The molecular weight excluding hydrogens is 278 g/mol. The van der Waals surface area contributed by atoms with E-state index in [0.29, 0.717) is 5.56 Å². The maximum Gasteiger partial charge on any atom is 0.155 e. The molecule has 1 aromatic carbocycles. The third kappa shape index (κ3) is 4.49. The number of methoxy groups -OCH3 is 1. The first kappa shape index (κ1) is 17.5. The second kappa shape index (κ2) is 9.41. The highest BCUT2D eigenvalue weighted by Gasteiger charge is 2.02. The summed E-state index contributed by atoms with van der Waals surface area (Å²) >= 11 is 0. The van der Waals surface area contributed by atoms with Gasteiger partial charge in [0.15, 0.2) is 5.65 Å². The van der Waals surface area contributed by atoms with Crippen LogP contribution in [0, 0.1) is 0 Å². The second-order valence-electron chi connectivity index (χ2n) is 4.18. The molecular formula is C17H21N3O2. The third-order valence-corrected chi connectivity index (χ3v) is 2.65. The molecule has 0 fully saturated rings. The fraction of sp³-hybridized carbons (Fsp3) is 0.235. The summed E-state index contributed by atoms with van der Waals surface area (Å²) in [6, 6.07) is 9.43. The number of nitrogens with zero attached hydrogens (tertiary/aromatic N) is 2. The van der Waals surface area contributed by atoms with Crippen molar-refractivity contribution in [1.82, 2.24) is 15.2 Å². The van der Waals surface area contributed by atoms with Gasteiger partial charge in [-0.15, -0.1) is 0 Å². The highest BCUT2D eigenvalue weighted by atomic mass is 16.4. The molecule has 0 atom stereocenters. The van der Waals surface area contributed by atoms with Gasteiger partial charge in [0.1, 0.15) is 6.29 Å². The Hall–Kier alpha value is -2.53. The topological polar surface area (TPSA) is 67.9 Å². The van der Waals surface area contributed by atoms with Crippen LogP contribution in [0.25, 0.3) is 22.2 Å². The Balaban J connectivity index is 0.000000435. The molecule has 0 spiro atoms. The van der Waals surface area contributed by atoms with Gasteiger partial charge in [0, 0.05) is 36.9 Å². The monoisotopic (exact) mass is 299 g/mol. The number of aromatic amines is 1. The maximum absolute atomic E-state index is 10.7. The predicted octanol–water partition coefficient (Wildman–Crippen LogP) is 3.73. The summed E-state index contributed by atoms with van der Waals surface area (Å²) in [4.78, 5) is 15.0. The van der Waals surface area contributed by atoms with Gasteiger partial charge in [-0.1, -0.05) is 32.0 Å². The van der Waals surface area contributed by atoms with E-state index in [1.165, 1.54) is 0 Å². The van der Waals surface area contributed by atoms with E-state index in [0.717, 1.165) is 28.4 Å². The van der Waals surface area contributed by atoms with Crippen molar-refractivity contribution < 1.29 is 9.53 Å². The molecule has 0 saturated carbocycles. The van der Waals surface area contributed by atoms with Crippen LogP contribution in [-0.4, -0.2) is 35.7 Å². The molecule has 0 bridgehead atoms. The van der Waals surface area contributed by atoms with Crippen LogP contribution in [0.1, 0.15) is 24.2 Å². The molecule has 0 radical (unpaired) electrons. The average molecular weight is 299 g/mol. The first-order valence-electron chi connectivity index (χ1n) is 7.03. The number of ether oxygens (including phenoxy) is 1. The molecule has 116 valence electrons. The number of carbonyl (C=O) groups excluding carboxylic acids is 1. The number of benzene rings is 1. The number of hydrogen-bond acceptors (Lipinski definition) is 4. The van der Waals surface area contributed by atoms with Crippen LogP contribution in [0.3, 0.4) is 0 Å². The normalized spacial score (nSPS) is 9.27. The lowest BCUT2D eigenvalue weighted by Gasteiger charge is -2.01. The summed E-state index contributed by atoms with van der Waals surface area (Å²) in [6.07, 6.45) is 4.34. The van der Waals surface area contributed by atoms with Crippen molar-refractivity contribution in [2.24, 2.45) is 0 Å². The summed E-state index contributed by atoms with van der Waals surface area (Å²) in [5, 5.41) is 7.69. The lowest BCUT2D eigenvalue weighted by molar-refractivity contribution is 0.112. The number of H-pyrrole nitrogens is 1. The van der Waals surface area contributed by atoms with Gasteiger partial charge < -0.3 is 4.74 Å². The van der Waals surface area contributed by atoms with E-state index in [9.17, 15) is 4.79 Å². The molecule has 2 heterocycles. The first-order valence-corrected chi connectivity index (χ1v) is 7.03. The van der Waals surface area contributed by atoms with Crippen LogP contribution in [-0.2, 0) is 4.74 Å². The molecule has 0 aliphatic rings. The van der Waals surface area contributed by atoms with E-state index < -0.39 is 0 Å². The highest BCUT2D eigenvalue weighted by Crippen LogP contribution is 2.22. The molecule has 22 heavy (non-hydrogen) atoms. The second-order valence-corrected chi connectivity index (χ2v) is 4.18. The number of aromatic nitrogens is 3. The van der Waals surface area contributed by atoms with Crippen molar-refractivity contribution in [3.8, 4) is 11.1 Å². The van der Waals surface area contributed by atoms with Gasteiger partial charge in [0.05, 0.1) is 6.20 Å². The number of hydrogen-bond donors (Lipinski definition) is 1. The largest absolute Gasteiger partial charge is 0.388 e. The Labute approximate surface area is 130 Å². The van der Waals surface area contributed by atoms with Gasteiger partial charge in [-0.2, -0.15) is 5.10 Å². The highest BCUT2D eigenvalue weighted by molar-refractivity contribution is 5.83. The maximum atomic E-state index is 10.7. The van der Waals surface area contributed by atoms with Gasteiger partial charge in [0.2, 0.25) is 0 Å². The Morgan fingerprint density at radius 3 is 2.50 bits per heavy atom. The predicted molar refractivity (Wildman–Crippen MR) is 89.0 cm³/mol. The summed E-state index contributed by atoms with van der Waals surface area (Å²) < 4.78 is 4.25. The minimum Gasteiger partial charge on any atom is -0.388 e. The quantitative estimate of drug-likeness (QED) is 0.732. The van der Waals surface area contributed by atoms with E-state index >= 15 is 0 Å². The first-order chi connectivity index (χ1) is 10.8. The zero-order valence-corrected chi connectivity index (χ0v) is 13.3. The van der Waals surface area contributed by atoms with Crippen molar-refractivity contribution in [1.29, 1.82) is 0 Å². The Bertz CT molecular complexity index is 708. The van der Waals surface area contributed by atoms with Crippen molar-refractivity contribution in [2.75, 3.05) is 14.2 Å². The van der Waals surface area contributed by atoms with Crippen molar-refractivity contribution >= 4 is 17.3 Å². The third-order valence-electron chi connectivity index (χ3n) is 2.65. The summed E-state index contributed by atoms with van der Waals surface area (Å²) in [5.41, 5.74) is 3.38. The zero-order valence-electron chi connectivity index (χ0n) is 13.3. The van der Waals surface area contributed by atoms with Crippen LogP contribution in [0.2, 0.25) is 0 Å². The van der Waals surface area contributed by atoms with E-state index in [1.54, 1.807) is 32.7 Å². The molecule has 5 nitrogen and oxygen atoms in total. The van der Waals surface area contributed by atoms with Gasteiger partial charge >= 0.3 is 0 Å². The molecule has 5 heteroatoms. The molecule has 0 aliphatic heterocycles. The molecule has 3 rings (SSSR count). The van der Waals surface area contributed by atoms with Crippen LogP contribution in [0.4, 0.5) is 0 Å². The zero-order chi connectivity index (χ0) is 16.4. The fourth-order valence-corrected chi connectivity index (χ4v) is 1.79. The summed E-state index contributed by atoms with van der Waals surface area (Å²) in [7, 11) is 3.25.